The van der Waals surface area contributed by atoms with Gasteiger partial charge in [0.05, 0.1) is 24.3 Å². The second kappa shape index (κ2) is 6.04. The van der Waals surface area contributed by atoms with Gasteiger partial charge in [-0.15, -0.1) is 0 Å². The fourth-order valence-corrected chi connectivity index (χ4v) is 1.97. The Labute approximate surface area is 100 Å². The molecule has 0 saturated carbocycles. The van der Waals surface area contributed by atoms with Crippen molar-refractivity contribution in [3.63, 3.8) is 0 Å². The lowest BCUT2D eigenvalue weighted by Crippen LogP contribution is -2.40. The predicted octanol–water partition coefficient (Wildman–Crippen LogP) is 1.03. The molecule has 1 aliphatic rings. The SMILES string of the molecule is CN(CCC#N)C(=O)C1CC=CCC1C(=O)O. The van der Waals surface area contributed by atoms with E-state index in [2.05, 4.69) is 0 Å². The van der Waals surface area contributed by atoms with E-state index in [0.717, 1.165) is 0 Å². The molecule has 0 aromatic heterocycles. The van der Waals surface area contributed by atoms with E-state index in [1.807, 2.05) is 12.1 Å². The van der Waals surface area contributed by atoms with E-state index in [9.17, 15) is 9.59 Å². The van der Waals surface area contributed by atoms with Gasteiger partial charge in [-0.05, 0) is 12.8 Å². The molecule has 5 heteroatoms. The number of carbonyl (C=O) groups is 2. The first-order valence-electron chi connectivity index (χ1n) is 5.57. The van der Waals surface area contributed by atoms with E-state index in [1.165, 1.54) is 4.90 Å². The standard InChI is InChI=1S/C12H16N2O3/c1-14(8-4-7-13)11(15)9-5-2-3-6-10(9)12(16)17/h2-3,9-10H,4-6,8H2,1H3,(H,16,17). The predicted molar refractivity (Wildman–Crippen MR) is 60.9 cm³/mol. The molecule has 1 rings (SSSR count). The molecular weight excluding hydrogens is 220 g/mol. The monoisotopic (exact) mass is 236 g/mol. The maximum atomic E-state index is 12.0. The first-order valence-corrected chi connectivity index (χ1v) is 5.57. The Balaban J connectivity index is 2.69. The van der Waals surface area contributed by atoms with E-state index in [-0.39, 0.29) is 12.3 Å². The Morgan fingerprint density at radius 3 is 2.53 bits per heavy atom. The zero-order valence-electron chi connectivity index (χ0n) is 9.80. The summed E-state index contributed by atoms with van der Waals surface area (Å²) in [6.07, 6.45) is 4.78. The van der Waals surface area contributed by atoms with Crippen LogP contribution in [0.5, 0.6) is 0 Å². The molecule has 0 heterocycles. The highest BCUT2D eigenvalue weighted by atomic mass is 16.4. The topological polar surface area (TPSA) is 81.4 Å². The summed E-state index contributed by atoms with van der Waals surface area (Å²) in [6.45, 7) is 0.349. The van der Waals surface area contributed by atoms with Gasteiger partial charge in [0.1, 0.15) is 0 Å². The van der Waals surface area contributed by atoms with Gasteiger partial charge in [0.15, 0.2) is 0 Å². The van der Waals surface area contributed by atoms with Gasteiger partial charge in [0.2, 0.25) is 5.91 Å². The van der Waals surface area contributed by atoms with Crippen molar-refractivity contribution in [3.05, 3.63) is 12.2 Å². The highest BCUT2D eigenvalue weighted by molar-refractivity contribution is 5.85. The zero-order valence-corrected chi connectivity index (χ0v) is 9.80. The molecule has 0 bridgehead atoms. The molecule has 0 aliphatic heterocycles. The van der Waals surface area contributed by atoms with Crippen molar-refractivity contribution in [1.29, 1.82) is 5.26 Å². The number of aliphatic carboxylic acids is 1. The molecule has 1 aliphatic carbocycles. The number of nitrogens with zero attached hydrogens (tertiary/aromatic N) is 2. The van der Waals surface area contributed by atoms with Crippen LogP contribution >= 0.6 is 0 Å². The molecule has 5 nitrogen and oxygen atoms in total. The van der Waals surface area contributed by atoms with Crippen molar-refractivity contribution in [1.82, 2.24) is 4.90 Å². The number of carbonyl (C=O) groups excluding carboxylic acids is 1. The Kier molecular flexibility index (Phi) is 4.70. The molecule has 0 aromatic carbocycles. The van der Waals surface area contributed by atoms with E-state index in [0.29, 0.717) is 19.4 Å². The van der Waals surface area contributed by atoms with Gasteiger partial charge >= 0.3 is 5.97 Å². The van der Waals surface area contributed by atoms with Crippen molar-refractivity contribution in [3.8, 4) is 6.07 Å². The average Bonchev–Trinajstić information content (AvgIpc) is 2.34. The Bertz CT molecular complexity index is 370. The maximum Gasteiger partial charge on any atom is 0.307 e. The molecular formula is C12H16N2O3. The number of allylic oxidation sites excluding steroid dienone is 2. The minimum Gasteiger partial charge on any atom is -0.481 e. The first-order chi connectivity index (χ1) is 8.07. The summed E-state index contributed by atoms with van der Waals surface area (Å²) in [7, 11) is 1.61. The molecule has 0 fully saturated rings. The molecule has 0 spiro atoms. The van der Waals surface area contributed by atoms with Gasteiger partial charge < -0.3 is 10.0 Å². The Hall–Kier alpha value is -1.83. The maximum absolute atomic E-state index is 12.0. The van der Waals surface area contributed by atoms with Crippen LogP contribution in [0.4, 0.5) is 0 Å². The number of carboxylic acid groups (broad SMARTS) is 1. The largest absolute Gasteiger partial charge is 0.481 e. The third-order valence-electron chi connectivity index (χ3n) is 3.00. The van der Waals surface area contributed by atoms with Gasteiger partial charge in [-0.3, -0.25) is 9.59 Å². The van der Waals surface area contributed by atoms with Crippen LogP contribution in [0.3, 0.4) is 0 Å². The number of rotatable bonds is 4. The summed E-state index contributed by atoms with van der Waals surface area (Å²) >= 11 is 0. The molecule has 17 heavy (non-hydrogen) atoms. The van der Waals surface area contributed by atoms with Crippen LogP contribution in [0.1, 0.15) is 19.3 Å². The van der Waals surface area contributed by atoms with Crippen LogP contribution in [-0.2, 0) is 9.59 Å². The fourth-order valence-electron chi connectivity index (χ4n) is 1.97. The minimum atomic E-state index is -0.929. The highest BCUT2D eigenvalue weighted by Crippen LogP contribution is 2.27. The van der Waals surface area contributed by atoms with Gasteiger partial charge in [-0.25, -0.2) is 0 Å². The number of nitriles is 1. The van der Waals surface area contributed by atoms with E-state index < -0.39 is 17.8 Å². The van der Waals surface area contributed by atoms with Gasteiger partial charge in [-0.1, -0.05) is 12.2 Å². The van der Waals surface area contributed by atoms with Crippen molar-refractivity contribution >= 4 is 11.9 Å². The number of hydrogen-bond acceptors (Lipinski definition) is 3. The molecule has 92 valence electrons. The van der Waals surface area contributed by atoms with Crippen LogP contribution in [0, 0.1) is 23.2 Å². The Morgan fingerprint density at radius 1 is 1.41 bits per heavy atom. The average molecular weight is 236 g/mol. The van der Waals surface area contributed by atoms with Gasteiger partial charge in [0, 0.05) is 13.6 Å². The zero-order chi connectivity index (χ0) is 12.8. The van der Waals surface area contributed by atoms with Crippen LogP contribution in [0.15, 0.2) is 12.2 Å². The number of carboxylic acids is 1. The lowest BCUT2D eigenvalue weighted by atomic mass is 9.82. The molecule has 1 N–H and O–H groups in total. The summed E-state index contributed by atoms with van der Waals surface area (Å²) in [5.74, 6) is -2.25. The van der Waals surface area contributed by atoms with E-state index in [4.69, 9.17) is 10.4 Å². The van der Waals surface area contributed by atoms with Crippen molar-refractivity contribution in [2.45, 2.75) is 19.3 Å². The van der Waals surface area contributed by atoms with Crippen LogP contribution in [0.25, 0.3) is 0 Å². The molecule has 0 radical (unpaired) electrons. The fraction of sp³-hybridized carbons (Fsp3) is 0.583. The second-order valence-corrected chi connectivity index (χ2v) is 4.16. The lowest BCUT2D eigenvalue weighted by Gasteiger charge is -2.28. The lowest BCUT2D eigenvalue weighted by molar-refractivity contribution is -0.150. The van der Waals surface area contributed by atoms with Gasteiger partial charge in [-0.2, -0.15) is 5.26 Å². The molecule has 0 saturated heterocycles. The normalized spacial score (nSPS) is 22.8. The van der Waals surface area contributed by atoms with Crippen molar-refractivity contribution in [2.24, 2.45) is 11.8 Å². The smallest absolute Gasteiger partial charge is 0.307 e. The molecule has 0 aromatic rings. The molecule has 2 atom stereocenters. The van der Waals surface area contributed by atoms with Crippen LogP contribution < -0.4 is 0 Å². The quantitative estimate of drug-likeness (QED) is 0.739. The third-order valence-corrected chi connectivity index (χ3v) is 3.00. The first kappa shape index (κ1) is 13.2. The minimum absolute atomic E-state index is 0.183. The number of amides is 1. The van der Waals surface area contributed by atoms with Gasteiger partial charge in [0.25, 0.3) is 0 Å². The molecule has 2 unspecified atom stereocenters. The summed E-state index contributed by atoms with van der Waals surface area (Å²) in [5, 5.41) is 17.5. The summed E-state index contributed by atoms with van der Waals surface area (Å²) < 4.78 is 0. The summed E-state index contributed by atoms with van der Waals surface area (Å²) in [4.78, 5) is 24.5. The van der Waals surface area contributed by atoms with Crippen LogP contribution in [-0.4, -0.2) is 35.5 Å². The van der Waals surface area contributed by atoms with E-state index >= 15 is 0 Å². The second-order valence-electron chi connectivity index (χ2n) is 4.16. The van der Waals surface area contributed by atoms with E-state index in [1.54, 1.807) is 13.1 Å². The summed E-state index contributed by atoms with van der Waals surface area (Å²) in [6, 6.07) is 1.97. The van der Waals surface area contributed by atoms with Crippen molar-refractivity contribution < 1.29 is 14.7 Å². The third kappa shape index (κ3) is 3.31. The molecule has 1 amide bonds. The summed E-state index contributed by atoms with van der Waals surface area (Å²) in [5.41, 5.74) is 0. The van der Waals surface area contributed by atoms with Crippen molar-refractivity contribution in [2.75, 3.05) is 13.6 Å². The highest BCUT2D eigenvalue weighted by Gasteiger charge is 2.35. The van der Waals surface area contributed by atoms with Crippen LogP contribution in [0.2, 0.25) is 0 Å². The number of hydrogen-bond donors (Lipinski definition) is 1. The Morgan fingerprint density at radius 2 is 2.00 bits per heavy atom.